The maximum atomic E-state index is 13.4. The first-order valence-electron chi connectivity index (χ1n) is 13.6. The fourth-order valence-electron chi connectivity index (χ4n) is 5.58. The molecule has 0 bridgehead atoms. The second kappa shape index (κ2) is 11.2. The molecule has 3 atom stereocenters. The van der Waals surface area contributed by atoms with E-state index >= 15 is 0 Å². The molecule has 0 saturated carbocycles. The van der Waals surface area contributed by atoms with E-state index in [0.29, 0.717) is 62.3 Å². The van der Waals surface area contributed by atoms with Crippen LogP contribution in [0.25, 0.3) is 11.0 Å². The van der Waals surface area contributed by atoms with Crippen molar-refractivity contribution < 1.29 is 37.1 Å². The number of amides is 2. The summed E-state index contributed by atoms with van der Waals surface area (Å²) in [5.74, 6) is -2.70. The van der Waals surface area contributed by atoms with Crippen molar-refractivity contribution in [1.82, 2.24) is 15.1 Å². The van der Waals surface area contributed by atoms with Crippen LogP contribution in [0.4, 0.5) is 8.78 Å². The van der Waals surface area contributed by atoms with Crippen molar-refractivity contribution in [2.75, 3.05) is 39.4 Å². The molecular weight excluding hydrogens is 512 g/mol. The number of piperidine rings is 1. The molecule has 0 spiro atoms. The highest BCUT2D eigenvalue weighted by atomic mass is 19.3. The van der Waals surface area contributed by atoms with Crippen molar-refractivity contribution >= 4 is 28.6 Å². The molecule has 0 unspecified atom stereocenters. The van der Waals surface area contributed by atoms with Gasteiger partial charge < -0.3 is 24.1 Å². The van der Waals surface area contributed by atoms with Crippen LogP contribution in [0.1, 0.15) is 50.1 Å². The number of furan rings is 1. The highest BCUT2D eigenvalue weighted by molar-refractivity contribution is 6.00. The van der Waals surface area contributed by atoms with Gasteiger partial charge in [0.25, 0.3) is 11.8 Å². The molecule has 5 rings (SSSR count). The third-order valence-corrected chi connectivity index (χ3v) is 7.68. The summed E-state index contributed by atoms with van der Waals surface area (Å²) in [4.78, 5) is 42.4. The van der Waals surface area contributed by atoms with Crippen molar-refractivity contribution in [2.24, 2.45) is 5.92 Å². The van der Waals surface area contributed by atoms with Crippen LogP contribution in [0.3, 0.4) is 0 Å². The summed E-state index contributed by atoms with van der Waals surface area (Å²) in [6, 6.07) is 5.41. The van der Waals surface area contributed by atoms with Gasteiger partial charge in [0.2, 0.25) is 5.91 Å². The first-order valence-corrected chi connectivity index (χ1v) is 13.6. The average Bonchev–Trinajstić information content (AvgIpc) is 3.60. The Morgan fingerprint density at radius 2 is 1.95 bits per heavy atom. The number of hydrogen-bond donors (Lipinski definition) is 1. The van der Waals surface area contributed by atoms with Gasteiger partial charge in [-0.05, 0) is 43.0 Å². The second-order valence-corrected chi connectivity index (χ2v) is 11.1. The molecule has 3 fully saturated rings. The van der Waals surface area contributed by atoms with Crippen molar-refractivity contribution in [3.63, 3.8) is 0 Å². The molecular formula is C28H35F2N3O6. The fourth-order valence-corrected chi connectivity index (χ4v) is 5.58. The number of ether oxygens (including phenoxy) is 2. The number of fused-ring (bicyclic) bond motifs is 2. The van der Waals surface area contributed by atoms with E-state index in [2.05, 4.69) is 5.32 Å². The van der Waals surface area contributed by atoms with Crippen molar-refractivity contribution in [3.05, 3.63) is 30.0 Å². The van der Waals surface area contributed by atoms with E-state index in [9.17, 15) is 23.2 Å². The number of nitrogens with one attached hydrogen (secondary N) is 1. The zero-order chi connectivity index (χ0) is 27.7. The number of ketones is 1. The topological polar surface area (TPSA) is 101 Å². The molecule has 3 aliphatic heterocycles. The van der Waals surface area contributed by atoms with Crippen LogP contribution < -0.4 is 10.1 Å². The summed E-state index contributed by atoms with van der Waals surface area (Å²) >= 11 is 0. The lowest BCUT2D eigenvalue weighted by molar-refractivity contribution is -0.138. The Hall–Kier alpha value is -3.05. The Balaban J connectivity index is 1.20. The summed E-state index contributed by atoms with van der Waals surface area (Å²) in [6.45, 7) is 5.96. The Labute approximate surface area is 225 Å². The maximum absolute atomic E-state index is 13.4. The zero-order valence-corrected chi connectivity index (χ0v) is 22.3. The van der Waals surface area contributed by atoms with Crippen LogP contribution in [0.15, 0.2) is 28.7 Å². The van der Waals surface area contributed by atoms with Crippen LogP contribution in [-0.2, 0) is 14.3 Å². The van der Waals surface area contributed by atoms with E-state index in [4.69, 9.17) is 13.9 Å². The molecule has 1 aromatic carbocycles. The average molecular weight is 548 g/mol. The Bertz CT molecular complexity index is 1220. The van der Waals surface area contributed by atoms with Gasteiger partial charge in [0.1, 0.15) is 36.6 Å². The molecule has 212 valence electrons. The maximum Gasteiger partial charge on any atom is 0.287 e. The number of carbonyl (C=O) groups excluding carboxylic acids is 3. The van der Waals surface area contributed by atoms with Gasteiger partial charge in [-0.25, -0.2) is 8.78 Å². The van der Waals surface area contributed by atoms with E-state index in [1.54, 1.807) is 29.2 Å². The highest BCUT2D eigenvalue weighted by Gasteiger charge is 2.48. The number of Topliss-reactive ketones (excluding diaryl/α,β-unsaturated/α-hetero) is 1. The Kier molecular flexibility index (Phi) is 7.91. The third kappa shape index (κ3) is 6.24. The molecule has 3 saturated heterocycles. The summed E-state index contributed by atoms with van der Waals surface area (Å²) in [6.07, 6.45) is 0.489. The quantitative estimate of drug-likeness (QED) is 0.514. The number of nitrogens with zero attached hydrogens (tertiary/aromatic N) is 2. The van der Waals surface area contributed by atoms with E-state index in [0.717, 1.165) is 0 Å². The van der Waals surface area contributed by atoms with Crippen LogP contribution in [0.5, 0.6) is 5.75 Å². The monoisotopic (exact) mass is 547 g/mol. The van der Waals surface area contributed by atoms with Gasteiger partial charge in [0.05, 0.1) is 6.10 Å². The minimum Gasteiger partial charge on any atom is -0.492 e. The smallest absolute Gasteiger partial charge is 0.287 e. The summed E-state index contributed by atoms with van der Waals surface area (Å²) in [5, 5.41) is 3.49. The van der Waals surface area contributed by atoms with E-state index < -0.39 is 23.9 Å². The second-order valence-electron chi connectivity index (χ2n) is 11.1. The molecule has 1 aromatic heterocycles. The van der Waals surface area contributed by atoms with Crippen LogP contribution in [0.2, 0.25) is 0 Å². The molecule has 0 radical (unpaired) electrons. The molecule has 2 amide bonds. The SMILES string of the molecule is CC(C)C[C@H](NC(=O)c1cc2cc(OCCN3CCC(F)(F)CC3)ccc2o1)C(=O)N1CC[C@H]2OCC(=O)[C@H]21. The van der Waals surface area contributed by atoms with Crippen LogP contribution in [0, 0.1) is 5.92 Å². The number of hydrogen-bond acceptors (Lipinski definition) is 7. The number of carbonyl (C=O) groups is 3. The lowest BCUT2D eigenvalue weighted by Gasteiger charge is -2.31. The van der Waals surface area contributed by atoms with Gasteiger partial charge in [-0.2, -0.15) is 0 Å². The van der Waals surface area contributed by atoms with Crippen molar-refractivity contribution in [1.29, 1.82) is 0 Å². The number of alkyl halides is 2. The molecule has 9 nitrogen and oxygen atoms in total. The number of rotatable bonds is 9. The first kappa shape index (κ1) is 27.5. The van der Waals surface area contributed by atoms with E-state index in [1.807, 2.05) is 18.7 Å². The van der Waals surface area contributed by atoms with Gasteiger partial charge in [-0.3, -0.25) is 19.3 Å². The molecule has 2 aromatic rings. The van der Waals surface area contributed by atoms with Crippen molar-refractivity contribution in [2.45, 2.75) is 63.6 Å². The molecule has 4 heterocycles. The number of likely N-dealkylation sites (tertiary alicyclic amines) is 2. The number of benzene rings is 1. The van der Waals surface area contributed by atoms with Crippen LogP contribution in [-0.4, -0.2) is 90.9 Å². The predicted octanol–water partition coefficient (Wildman–Crippen LogP) is 3.26. The van der Waals surface area contributed by atoms with E-state index in [1.165, 1.54) is 0 Å². The lowest BCUT2D eigenvalue weighted by atomic mass is 10.0. The highest BCUT2D eigenvalue weighted by Crippen LogP contribution is 2.30. The summed E-state index contributed by atoms with van der Waals surface area (Å²) < 4.78 is 43.8. The van der Waals surface area contributed by atoms with Gasteiger partial charge in [0, 0.05) is 44.4 Å². The standard InChI is InChI=1S/C28H35F2N3O6/c1-17(2)13-20(27(36)33-8-5-23-25(33)21(34)16-38-23)31-26(35)24-15-18-14-19(3-4-22(18)39-24)37-12-11-32-9-6-28(29,30)7-10-32/h3-4,14-15,17,20,23,25H,5-13,16H2,1-2H3,(H,31,35)/t20-,23+,25+/m0/s1. The molecule has 11 heteroatoms. The lowest BCUT2D eigenvalue weighted by Crippen LogP contribution is -2.52. The zero-order valence-electron chi connectivity index (χ0n) is 22.3. The van der Waals surface area contributed by atoms with Gasteiger partial charge in [-0.15, -0.1) is 0 Å². The molecule has 0 aliphatic carbocycles. The minimum atomic E-state index is -2.57. The Morgan fingerprint density at radius 1 is 1.18 bits per heavy atom. The van der Waals surface area contributed by atoms with Crippen LogP contribution >= 0.6 is 0 Å². The predicted molar refractivity (Wildman–Crippen MR) is 138 cm³/mol. The molecule has 1 N–H and O–H groups in total. The number of halogens is 2. The normalized spacial score (nSPS) is 23.8. The molecule has 39 heavy (non-hydrogen) atoms. The third-order valence-electron chi connectivity index (χ3n) is 7.68. The summed E-state index contributed by atoms with van der Waals surface area (Å²) in [5.41, 5.74) is 0.494. The first-order chi connectivity index (χ1) is 18.6. The van der Waals surface area contributed by atoms with E-state index in [-0.39, 0.29) is 48.9 Å². The van der Waals surface area contributed by atoms with Gasteiger partial charge in [0.15, 0.2) is 11.5 Å². The van der Waals surface area contributed by atoms with Crippen molar-refractivity contribution in [3.8, 4) is 5.75 Å². The van der Waals surface area contributed by atoms with Gasteiger partial charge >= 0.3 is 0 Å². The Morgan fingerprint density at radius 3 is 2.69 bits per heavy atom. The minimum absolute atomic E-state index is 0.0161. The summed E-state index contributed by atoms with van der Waals surface area (Å²) in [7, 11) is 0. The van der Waals surface area contributed by atoms with Gasteiger partial charge in [-0.1, -0.05) is 13.8 Å². The largest absolute Gasteiger partial charge is 0.492 e. The molecule has 3 aliphatic rings. The fraction of sp³-hybridized carbons (Fsp3) is 0.607.